The molecule has 4 atom stereocenters. The molecule has 17 heavy (non-hydrogen) atoms. The van der Waals surface area contributed by atoms with Gasteiger partial charge in [0.1, 0.15) is 0 Å². The monoisotopic (exact) mass is 238 g/mol. The zero-order valence-corrected chi connectivity index (χ0v) is 11.3. The second-order valence-corrected chi connectivity index (χ2v) is 6.51. The Kier molecular flexibility index (Phi) is 3.65. The third kappa shape index (κ3) is 2.43. The topological polar surface area (TPSA) is 40.5 Å². The van der Waals surface area contributed by atoms with Gasteiger partial charge in [0.15, 0.2) is 0 Å². The first-order valence-corrected chi connectivity index (χ1v) is 6.98. The fourth-order valence-electron chi connectivity index (χ4n) is 3.90. The van der Waals surface area contributed by atoms with E-state index in [4.69, 9.17) is 0 Å². The Balaban J connectivity index is 2.27. The van der Waals surface area contributed by atoms with E-state index in [2.05, 4.69) is 19.9 Å². The van der Waals surface area contributed by atoms with Crippen LogP contribution in [0.15, 0.2) is 11.6 Å². The molecule has 0 spiro atoms. The zero-order chi connectivity index (χ0) is 12.6. The molecule has 0 bridgehead atoms. The average Bonchev–Trinajstić information content (AvgIpc) is 2.27. The summed E-state index contributed by atoms with van der Waals surface area (Å²) in [5.41, 5.74) is 0.669. The first-order valence-electron chi connectivity index (χ1n) is 6.98. The molecule has 0 aromatic heterocycles. The fraction of sp³-hybridized carbons (Fsp3) is 0.867. The third-order valence-electron chi connectivity index (χ3n) is 5.01. The number of rotatable bonds is 2. The Labute approximate surface area is 105 Å². The summed E-state index contributed by atoms with van der Waals surface area (Å²) in [6.45, 7) is 6.75. The van der Waals surface area contributed by atoms with Gasteiger partial charge in [-0.3, -0.25) is 0 Å². The van der Waals surface area contributed by atoms with Gasteiger partial charge in [-0.25, -0.2) is 0 Å². The van der Waals surface area contributed by atoms with Gasteiger partial charge in [-0.05, 0) is 61.9 Å². The summed E-state index contributed by atoms with van der Waals surface area (Å²) in [6.07, 6.45) is 6.30. The van der Waals surface area contributed by atoms with E-state index < -0.39 is 5.60 Å². The van der Waals surface area contributed by atoms with Crippen molar-refractivity contribution in [2.75, 3.05) is 6.61 Å². The Bertz CT molecular complexity index is 304. The second-order valence-electron chi connectivity index (χ2n) is 6.51. The van der Waals surface area contributed by atoms with Crippen LogP contribution in [0.1, 0.15) is 46.5 Å². The maximum absolute atomic E-state index is 10.5. The summed E-state index contributed by atoms with van der Waals surface area (Å²) in [6, 6.07) is 0. The van der Waals surface area contributed by atoms with Crippen molar-refractivity contribution in [2.45, 2.75) is 52.1 Å². The summed E-state index contributed by atoms with van der Waals surface area (Å²) in [4.78, 5) is 0. The van der Waals surface area contributed by atoms with Crippen molar-refractivity contribution in [3.8, 4) is 0 Å². The van der Waals surface area contributed by atoms with Crippen LogP contribution in [0, 0.1) is 23.7 Å². The third-order valence-corrected chi connectivity index (χ3v) is 5.01. The molecule has 0 amide bonds. The maximum Gasteiger partial charge on any atom is 0.0653 e. The van der Waals surface area contributed by atoms with E-state index in [9.17, 15) is 10.2 Å². The molecule has 2 heteroatoms. The van der Waals surface area contributed by atoms with Crippen LogP contribution < -0.4 is 0 Å². The van der Waals surface area contributed by atoms with Crippen LogP contribution >= 0.6 is 0 Å². The van der Waals surface area contributed by atoms with Crippen LogP contribution in [0.3, 0.4) is 0 Å². The zero-order valence-electron chi connectivity index (χ0n) is 11.3. The normalized spacial score (nSPS) is 42.2. The van der Waals surface area contributed by atoms with Gasteiger partial charge in [0.25, 0.3) is 0 Å². The Hall–Kier alpha value is -0.340. The number of hydrogen-bond acceptors (Lipinski definition) is 2. The van der Waals surface area contributed by atoms with Crippen LogP contribution in [0.4, 0.5) is 0 Å². The smallest absolute Gasteiger partial charge is 0.0653 e. The molecule has 0 heterocycles. The van der Waals surface area contributed by atoms with Gasteiger partial charge in [0.2, 0.25) is 0 Å². The van der Waals surface area contributed by atoms with Crippen LogP contribution in [0.2, 0.25) is 0 Å². The van der Waals surface area contributed by atoms with Crippen molar-refractivity contribution < 1.29 is 10.2 Å². The molecular formula is C15H26O2. The Morgan fingerprint density at radius 2 is 2.12 bits per heavy atom. The fourth-order valence-corrected chi connectivity index (χ4v) is 3.90. The highest BCUT2D eigenvalue weighted by molar-refractivity contribution is 5.15. The van der Waals surface area contributed by atoms with Crippen molar-refractivity contribution >= 4 is 0 Å². The number of allylic oxidation sites excluding steroid dienone is 1. The summed E-state index contributed by atoms with van der Waals surface area (Å²) in [7, 11) is 0. The van der Waals surface area contributed by atoms with Gasteiger partial charge in [-0.15, -0.1) is 0 Å². The molecule has 0 radical (unpaired) electrons. The number of aliphatic hydroxyl groups excluding tert-OH is 1. The highest BCUT2D eigenvalue weighted by Gasteiger charge is 2.46. The van der Waals surface area contributed by atoms with Gasteiger partial charge in [-0.1, -0.05) is 19.9 Å². The van der Waals surface area contributed by atoms with Crippen molar-refractivity contribution in [3.05, 3.63) is 11.6 Å². The molecular weight excluding hydrogens is 212 g/mol. The van der Waals surface area contributed by atoms with Gasteiger partial charge in [0.05, 0.1) is 12.2 Å². The quantitative estimate of drug-likeness (QED) is 0.726. The molecule has 4 unspecified atom stereocenters. The minimum absolute atomic E-state index is 0.191. The molecule has 98 valence electrons. The van der Waals surface area contributed by atoms with E-state index in [1.165, 1.54) is 5.57 Å². The number of aliphatic hydroxyl groups is 2. The number of hydrogen-bond donors (Lipinski definition) is 2. The van der Waals surface area contributed by atoms with Crippen LogP contribution in [-0.4, -0.2) is 22.4 Å². The molecule has 0 aliphatic heterocycles. The van der Waals surface area contributed by atoms with Crippen molar-refractivity contribution in [1.82, 2.24) is 0 Å². The molecule has 0 aromatic carbocycles. The highest BCUT2D eigenvalue weighted by atomic mass is 16.3. The molecule has 0 aromatic rings. The minimum Gasteiger partial charge on any atom is -0.392 e. The number of fused-ring (bicyclic) bond motifs is 1. The van der Waals surface area contributed by atoms with E-state index in [1.807, 2.05) is 6.92 Å². The van der Waals surface area contributed by atoms with Crippen LogP contribution in [0.5, 0.6) is 0 Å². The molecule has 2 aliphatic carbocycles. The molecule has 1 saturated carbocycles. The second kappa shape index (κ2) is 4.74. The van der Waals surface area contributed by atoms with E-state index in [1.54, 1.807) is 0 Å². The van der Waals surface area contributed by atoms with Gasteiger partial charge in [-0.2, -0.15) is 0 Å². The van der Waals surface area contributed by atoms with Crippen molar-refractivity contribution in [1.29, 1.82) is 0 Å². The molecule has 2 N–H and O–H groups in total. The van der Waals surface area contributed by atoms with Crippen LogP contribution in [-0.2, 0) is 0 Å². The largest absolute Gasteiger partial charge is 0.392 e. The maximum atomic E-state index is 10.5. The lowest BCUT2D eigenvalue weighted by atomic mass is 9.58. The summed E-state index contributed by atoms with van der Waals surface area (Å²) < 4.78 is 0. The van der Waals surface area contributed by atoms with Gasteiger partial charge < -0.3 is 10.2 Å². The van der Waals surface area contributed by atoms with Crippen LogP contribution in [0.25, 0.3) is 0 Å². The molecule has 0 saturated heterocycles. The van der Waals surface area contributed by atoms with E-state index in [0.29, 0.717) is 23.7 Å². The van der Waals surface area contributed by atoms with Crippen molar-refractivity contribution in [2.24, 2.45) is 23.7 Å². The predicted octanol–water partition coefficient (Wildman–Crippen LogP) is 2.75. The van der Waals surface area contributed by atoms with Gasteiger partial charge >= 0.3 is 0 Å². The summed E-state index contributed by atoms with van der Waals surface area (Å²) >= 11 is 0. The first kappa shape index (κ1) is 13.1. The SMILES string of the molecule is CC(C)C1CCC(C)(O)C2CCC(CO)=CC12. The lowest BCUT2D eigenvalue weighted by Gasteiger charge is -2.49. The average molecular weight is 238 g/mol. The standard InChI is InChI=1S/C15H26O2/c1-10(2)12-6-7-15(3,17)14-5-4-11(9-16)8-13(12)14/h8,10,12-14,16-17H,4-7,9H2,1-3H3. The summed E-state index contributed by atoms with van der Waals surface area (Å²) in [5, 5.41) is 19.8. The highest BCUT2D eigenvalue weighted by Crippen LogP contribution is 2.49. The predicted molar refractivity (Wildman–Crippen MR) is 69.6 cm³/mol. The molecule has 2 nitrogen and oxygen atoms in total. The lowest BCUT2D eigenvalue weighted by molar-refractivity contribution is -0.0811. The van der Waals surface area contributed by atoms with E-state index in [-0.39, 0.29) is 6.61 Å². The minimum atomic E-state index is -0.506. The molecule has 2 rings (SSSR count). The Morgan fingerprint density at radius 3 is 2.71 bits per heavy atom. The first-order chi connectivity index (χ1) is 7.95. The van der Waals surface area contributed by atoms with E-state index >= 15 is 0 Å². The molecule has 1 fully saturated rings. The van der Waals surface area contributed by atoms with Crippen molar-refractivity contribution in [3.63, 3.8) is 0 Å². The Morgan fingerprint density at radius 1 is 1.41 bits per heavy atom. The summed E-state index contributed by atoms with van der Waals surface area (Å²) in [5.74, 6) is 2.18. The van der Waals surface area contributed by atoms with Gasteiger partial charge in [0, 0.05) is 0 Å². The lowest BCUT2D eigenvalue weighted by Crippen LogP contribution is -2.48. The van der Waals surface area contributed by atoms with E-state index in [0.717, 1.165) is 25.7 Å². The molecule has 2 aliphatic rings.